The van der Waals surface area contributed by atoms with Crippen molar-refractivity contribution in [2.45, 2.75) is 13.1 Å². The summed E-state index contributed by atoms with van der Waals surface area (Å²) in [6.07, 6.45) is -0.360. The first-order valence-electron chi connectivity index (χ1n) is 7.26. The van der Waals surface area contributed by atoms with Crippen LogP contribution in [0.3, 0.4) is 0 Å². The van der Waals surface area contributed by atoms with E-state index in [9.17, 15) is 0 Å². The highest BCUT2D eigenvalue weighted by atomic mass is 16.5. The largest absolute Gasteiger partial charge is 0.497 e. The minimum absolute atomic E-state index is 0.173. The highest BCUT2D eigenvalue weighted by Gasteiger charge is 2.27. The summed E-state index contributed by atoms with van der Waals surface area (Å²) in [5, 5.41) is 0. The molecule has 0 aliphatic carbocycles. The van der Waals surface area contributed by atoms with Gasteiger partial charge in [0, 0.05) is 5.69 Å². The van der Waals surface area contributed by atoms with Crippen LogP contribution in [0.5, 0.6) is 5.75 Å². The summed E-state index contributed by atoms with van der Waals surface area (Å²) in [4.78, 5) is 10.4. The van der Waals surface area contributed by atoms with Gasteiger partial charge in [-0.2, -0.15) is 4.99 Å². The Kier molecular flexibility index (Phi) is 3.89. The molecule has 1 heterocycles. The number of methoxy groups -OCH3 is 1. The van der Waals surface area contributed by atoms with Gasteiger partial charge in [0.05, 0.1) is 7.11 Å². The van der Waals surface area contributed by atoms with Gasteiger partial charge in [0.15, 0.2) is 6.17 Å². The van der Waals surface area contributed by atoms with Crippen molar-refractivity contribution in [2.24, 2.45) is 21.5 Å². The van der Waals surface area contributed by atoms with Crippen molar-refractivity contribution in [3.63, 3.8) is 0 Å². The fourth-order valence-corrected chi connectivity index (χ4v) is 2.49. The van der Waals surface area contributed by atoms with Gasteiger partial charge in [-0.25, -0.2) is 4.99 Å². The third-order valence-electron chi connectivity index (χ3n) is 3.70. The lowest BCUT2D eigenvalue weighted by Crippen LogP contribution is -2.44. The minimum Gasteiger partial charge on any atom is -0.497 e. The third kappa shape index (κ3) is 2.96. The molecule has 0 spiro atoms. The summed E-state index contributed by atoms with van der Waals surface area (Å²) in [5.41, 5.74) is 15.0. The number of aliphatic imine (C=N–C) groups is 2. The van der Waals surface area contributed by atoms with E-state index in [4.69, 9.17) is 16.2 Å². The summed E-state index contributed by atoms with van der Waals surface area (Å²) in [6, 6.07) is 15.7. The number of nitrogens with two attached hydrogens (primary N) is 2. The van der Waals surface area contributed by atoms with Crippen LogP contribution in [0.25, 0.3) is 0 Å². The summed E-state index contributed by atoms with van der Waals surface area (Å²) >= 11 is 0. The number of guanidine groups is 2. The molecule has 6 heteroatoms. The van der Waals surface area contributed by atoms with Crippen molar-refractivity contribution in [1.29, 1.82) is 0 Å². The lowest BCUT2D eigenvalue weighted by Gasteiger charge is -2.32. The number of hydrogen-bond acceptors (Lipinski definition) is 6. The van der Waals surface area contributed by atoms with Gasteiger partial charge in [0.25, 0.3) is 0 Å². The van der Waals surface area contributed by atoms with E-state index < -0.39 is 0 Å². The van der Waals surface area contributed by atoms with E-state index in [0.717, 1.165) is 17.0 Å². The van der Waals surface area contributed by atoms with Crippen molar-refractivity contribution >= 4 is 17.6 Å². The molecular weight excluding hydrogens is 290 g/mol. The van der Waals surface area contributed by atoms with E-state index in [-0.39, 0.29) is 12.1 Å². The summed E-state index contributed by atoms with van der Waals surface area (Å²) < 4.78 is 5.20. The first-order valence-corrected chi connectivity index (χ1v) is 7.26. The molecule has 0 fully saturated rings. The Balaban J connectivity index is 2.03. The summed E-state index contributed by atoms with van der Waals surface area (Å²) in [5.74, 6) is 1.28. The average Bonchev–Trinajstić information content (AvgIpc) is 2.55. The van der Waals surface area contributed by atoms with Crippen LogP contribution in [0.2, 0.25) is 0 Å². The lowest BCUT2D eigenvalue weighted by atomic mass is 10.1. The topological polar surface area (TPSA) is 89.2 Å². The molecule has 1 aliphatic rings. The van der Waals surface area contributed by atoms with Gasteiger partial charge in [-0.05, 0) is 36.8 Å². The molecule has 6 nitrogen and oxygen atoms in total. The van der Waals surface area contributed by atoms with Crippen molar-refractivity contribution in [3.05, 3.63) is 59.7 Å². The highest BCUT2D eigenvalue weighted by molar-refractivity contribution is 6.04. The predicted molar refractivity (Wildman–Crippen MR) is 92.6 cm³/mol. The van der Waals surface area contributed by atoms with Crippen LogP contribution in [0.4, 0.5) is 5.69 Å². The SMILES string of the molecule is COc1ccc([C@H]2N=C(N)N=C(N)N2c2ccc(C)cc2)cc1. The molecule has 0 amide bonds. The first kappa shape index (κ1) is 14.9. The standard InChI is InChI=1S/C17H19N5O/c1-11-3-7-13(8-4-11)22-15(20-16(18)21-17(22)19)12-5-9-14(23-2)10-6-12/h3-10,15H,1-2H3,(H4,18,19,20,21)/t15-/m0/s1. The molecule has 1 atom stereocenters. The molecule has 4 N–H and O–H groups in total. The number of hydrogen-bond donors (Lipinski definition) is 2. The maximum Gasteiger partial charge on any atom is 0.221 e. The van der Waals surface area contributed by atoms with Gasteiger partial charge in [0.1, 0.15) is 5.75 Å². The van der Waals surface area contributed by atoms with Gasteiger partial charge in [-0.15, -0.1) is 0 Å². The normalized spacial score (nSPS) is 17.5. The molecule has 0 aromatic heterocycles. The van der Waals surface area contributed by atoms with Crippen molar-refractivity contribution in [2.75, 3.05) is 12.0 Å². The van der Waals surface area contributed by atoms with Gasteiger partial charge >= 0.3 is 0 Å². The quantitative estimate of drug-likeness (QED) is 0.909. The van der Waals surface area contributed by atoms with Gasteiger partial charge < -0.3 is 16.2 Å². The second kappa shape index (κ2) is 6.00. The predicted octanol–water partition coefficient (Wildman–Crippen LogP) is 2.15. The van der Waals surface area contributed by atoms with Crippen LogP contribution in [0.1, 0.15) is 17.3 Å². The van der Waals surface area contributed by atoms with Gasteiger partial charge in [-0.3, -0.25) is 4.90 Å². The van der Waals surface area contributed by atoms with Crippen LogP contribution in [-0.4, -0.2) is 19.0 Å². The maximum atomic E-state index is 6.11. The van der Waals surface area contributed by atoms with Crippen LogP contribution in [-0.2, 0) is 0 Å². The molecule has 0 saturated carbocycles. The highest BCUT2D eigenvalue weighted by Crippen LogP contribution is 2.31. The molecule has 23 heavy (non-hydrogen) atoms. The number of ether oxygens (including phenoxy) is 1. The van der Waals surface area contributed by atoms with E-state index in [2.05, 4.69) is 9.98 Å². The van der Waals surface area contributed by atoms with E-state index in [0.29, 0.717) is 5.96 Å². The monoisotopic (exact) mass is 309 g/mol. The molecule has 0 radical (unpaired) electrons. The molecule has 3 rings (SSSR count). The number of aryl methyl sites for hydroxylation is 1. The number of anilines is 1. The third-order valence-corrected chi connectivity index (χ3v) is 3.70. The maximum absolute atomic E-state index is 6.11. The molecule has 0 unspecified atom stereocenters. The molecule has 1 aliphatic heterocycles. The Morgan fingerprint density at radius 3 is 2.26 bits per heavy atom. The zero-order valence-electron chi connectivity index (χ0n) is 13.1. The van der Waals surface area contributed by atoms with Crippen molar-refractivity contribution in [1.82, 2.24) is 0 Å². The number of benzene rings is 2. The lowest BCUT2D eigenvalue weighted by molar-refractivity contribution is 0.414. The Labute approximate surface area is 135 Å². The van der Waals surface area contributed by atoms with Gasteiger partial charge in [0.2, 0.25) is 11.9 Å². The Bertz CT molecular complexity index is 750. The molecule has 0 saturated heterocycles. The average molecular weight is 309 g/mol. The number of nitrogens with zero attached hydrogens (tertiary/aromatic N) is 3. The second-order valence-electron chi connectivity index (χ2n) is 5.31. The second-order valence-corrected chi connectivity index (χ2v) is 5.31. The first-order chi connectivity index (χ1) is 11.1. The van der Waals surface area contributed by atoms with E-state index in [1.807, 2.05) is 60.4 Å². The molecule has 2 aromatic carbocycles. The van der Waals surface area contributed by atoms with E-state index in [1.165, 1.54) is 5.56 Å². The summed E-state index contributed by atoms with van der Waals surface area (Å²) in [7, 11) is 1.63. The van der Waals surface area contributed by atoms with E-state index >= 15 is 0 Å². The number of rotatable bonds is 3. The fraction of sp³-hybridized carbons (Fsp3) is 0.176. The zero-order valence-corrected chi connectivity index (χ0v) is 13.1. The Morgan fingerprint density at radius 2 is 1.65 bits per heavy atom. The van der Waals surface area contributed by atoms with E-state index in [1.54, 1.807) is 7.11 Å². The van der Waals surface area contributed by atoms with Gasteiger partial charge in [-0.1, -0.05) is 29.8 Å². The summed E-state index contributed by atoms with van der Waals surface area (Å²) in [6.45, 7) is 2.04. The van der Waals surface area contributed by atoms with Crippen LogP contribution >= 0.6 is 0 Å². The van der Waals surface area contributed by atoms with Crippen LogP contribution < -0.4 is 21.1 Å². The van der Waals surface area contributed by atoms with Crippen LogP contribution in [0.15, 0.2) is 58.5 Å². The smallest absolute Gasteiger partial charge is 0.221 e. The van der Waals surface area contributed by atoms with Crippen molar-refractivity contribution < 1.29 is 4.74 Å². The molecule has 118 valence electrons. The molecule has 2 aromatic rings. The molecular formula is C17H19N5O. The Hall–Kier alpha value is -3.02. The minimum atomic E-state index is -0.360. The van der Waals surface area contributed by atoms with Crippen LogP contribution in [0, 0.1) is 6.92 Å². The van der Waals surface area contributed by atoms with Crippen molar-refractivity contribution in [3.8, 4) is 5.75 Å². The Morgan fingerprint density at radius 1 is 1.00 bits per heavy atom. The fourth-order valence-electron chi connectivity index (χ4n) is 2.49. The zero-order chi connectivity index (χ0) is 16.4. The molecule has 0 bridgehead atoms.